The number of carbonyl (C=O) groups is 1. The van der Waals surface area contributed by atoms with Gasteiger partial charge in [-0.2, -0.15) is 4.98 Å². The van der Waals surface area contributed by atoms with Crippen molar-refractivity contribution in [1.82, 2.24) is 20.0 Å². The quantitative estimate of drug-likeness (QED) is 0.742. The zero-order chi connectivity index (χ0) is 17.8. The Kier molecular flexibility index (Phi) is 4.73. The minimum absolute atomic E-state index is 0.0816. The van der Waals surface area contributed by atoms with E-state index in [0.29, 0.717) is 5.82 Å². The molecule has 0 spiro atoms. The van der Waals surface area contributed by atoms with Gasteiger partial charge in [-0.05, 0) is 31.2 Å². The van der Waals surface area contributed by atoms with Crippen LogP contribution in [-0.2, 0) is 13.1 Å². The van der Waals surface area contributed by atoms with Crippen molar-refractivity contribution < 1.29 is 18.1 Å². The Morgan fingerprint density at radius 2 is 2.00 bits per heavy atom. The highest BCUT2D eigenvalue weighted by molar-refractivity contribution is 5.89. The van der Waals surface area contributed by atoms with Crippen LogP contribution < -0.4 is 10.6 Å². The zero-order valence-electron chi connectivity index (χ0n) is 13.3. The molecule has 0 aliphatic carbocycles. The molecule has 0 saturated carbocycles. The molecule has 2 aromatic heterocycles. The van der Waals surface area contributed by atoms with Gasteiger partial charge in [0.25, 0.3) is 0 Å². The average Bonchev–Trinajstić information content (AvgIpc) is 3.24. The van der Waals surface area contributed by atoms with Gasteiger partial charge in [-0.25, -0.2) is 13.6 Å². The Bertz CT molecular complexity index is 870. The molecule has 1 aromatic carbocycles. The first-order valence-corrected chi connectivity index (χ1v) is 7.55. The molecule has 0 radical (unpaired) electrons. The molecule has 130 valence electrons. The number of aromatic nitrogens is 3. The Morgan fingerprint density at radius 1 is 1.24 bits per heavy atom. The van der Waals surface area contributed by atoms with Gasteiger partial charge in [0.15, 0.2) is 0 Å². The highest BCUT2D eigenvalue weighted by atomic mass is 19.1. The summed E-state index contributed by atoms with van der Waals surface area (Å²) < 4.78 is 34.0. The van der Waals surface area contributed by atoms with Crippen LogP contribution in [0.15, 0.2) is 41.1 Å². The van der Waals surface area contributed by atoms with Gasteiger partial charge >= 0.3 is 6.03 Å². The van der Waals surface area contributed by atoms with Crippen molar-refractivity contribution in [3.63, 3.8) is 0 Å². The summed E-state index contributed by atoms with van der Waals surface area (Å²) in [7, 11) is 0. The van der Waals surface area contributed by atoms with Gasteiger partial charge in [0, 0.05) is 12.7 Å². The van der Waals surface area contributed by atoms with Crippen LogP contribution in [0, 0.1) is 11.6 Å². The summed E-state index contributed by atoms with van der Waals surface area (Å²) in [6, 6.07) is 6.22. The van der Waals surface area contributed by atoms with E-state index in [1.54, 1.807) is 0 Å². The summed E-state index contributed by atoms with van der Waals surface area (Å²) in [5.41, 5.74) is 0.266. The lowest BCUT2D eigenvalue weighted by Gasteiger charge is -2.07. The first-order chi connectivity index (χ1) is 12.1. The standard InChI is InChI=1S/C16H15F2N5O2/c1-2-23-8-4-7-12(23)15-20-13(25-22-15)9-19-16(24)21-14-10(17)5-3-6-11(14)18/h3-8H,2,9H2,1H3,(H2,19,21,24). The van der Waals surface area contributed by atoms with Crippen molar-refractivity contribution in [2.24, 2.45) is 0 Å². The lowest BCUT2D eigenvalue weighted by molar-refractivity contribution is 0.249. The van der Waals surface area contributed by atoms with E-state index in [0.717, 1.165) is 24.4 Å². The van der Waals surface area contributed by atoms with Gasteiger partial charge < -0.3 is 19.7 Å². The highest BCUT2D eigenvalue weighted by Gasteiger charge is 2.14. The van der Waals surface area contributed by atoms with Crippen LogP contribution >= 0.6 is 0 Å². The number of rotatable bonds is 5. The molecular formula is C16H15F2N5O2. The number of aryl methyl sites for hydroxylation is 1. The van der Waals surface area contributed by atoms with Crippen LogP contribution in [0.2, 0.25) is 0 Å². The number of benzene rings is 1. The second-order valence-electron chi connectivity index (χ2n) is 5.10. The van der Waals surface area contributed by atoms with Crippen molar-refractivity contribution in [1.29, 1.82) is 0 Å². The van der Waals surface area contributed by atoms with Crippen LogP contribution in [0.4, 0.5) is 19.3 Å². The van der Waals surface area contributed by atoms with E-state index in [1.165, 1.54) is 6.07 Å². The van der Waals surface area contributed by atoms with Crippen molar-refractivity contribution in [3.05, 3.63) is 54.1 Å². The summed E-state index contributed by atoms with van der Waals surface area (Å²) in [5.74, 6) is -1.17. The topological polar surface area (TPSA) is 85.0 Å². The van der Waals surface area contributed by atoms with Gasteiger partial charge in [-0.15, -0.1) is 0 Å². The molecule has 2 amide bonds. The fraction of sp³-hybridized carbons (Fsp3) is 0.188. The van der Waals surface area contributed by atoms with E-state index in [2.05, 4.69) is 20.8 Å². The minimum Gasteiger partial charge on any atom is -0.345 e. The molecule has 0 atom stereocenters. The fourth-order valence-electron chi connectivity index (χ4n) is 2.25. The van der Waals surface area contributed by atoms with Gasteiger partial charge in [-0.1, -0.05) is 11.2 Å². The van der Waals surface area contributed by atoms with Crippen LogP contribution in [0.25, 0.3) is 11.5 Å². The first-order valence-electron chi connectivity index (χ1n) is 7.55. The summed E-state index contributed by atoms with van der Waals surface area (Å²) in [6.45, 7) is 2.65. The molecule has 2 N–H and O–H groups in total. The molecule has 7 nitrogen and oxygen atoms in total. The van der Waals surface area contributed by atoms with Gasteiger partial charge in [0.05, 0.1) is 12.2 Å². The Morgan fingerprint density at radius 3 is 2.72 bits per heavy atom. The van der Waals surface area contributed by atoms with E-state index in [4.69, 9.17) is 4.52 Å². The molecule has 0 fully saturated rings. The number of nitrogens with one attached hydrogen (secondary N) is 2. The number of nitrogens with zero attached hydrogens (tertiary/aromatic N) is 3. The number of para-hydroxylation sites is 1. The molecule has 0 saturated heterocycles. The monoisotopic (exact) mass is 347 g/mol. The Labute approximate surface area is 141 Å². The van der Waals surface area contributed by atoms with E-state index >= 15 is 0 Å². The van der Waals surface area contributed by atoms with Gasteiger partial charge in [-0.3, -0.25) is 0 Å². The molecule has 3 rings (SSSR count). The molecule has 0 unspecified atom stereocenters. The smallest absolute Gasteiger partial charge is 0.319 e. The SMILES string of the molecule is CCn1cccc1-c1noc(CNC(=O)Nc2c(F)cccc2F)n1. The Hall–Kier alpha value is -3.23. The van der Waals surface area contributed by atoms with Crippen LogP contribution in [-0.4, -0.2) is 20.7 Å². The molecule has 25 heavy (non-hydrogen) atoms. The first kappa shape index (κ1) is 16.6. The average molecular weight is 347 g/mol. The van der Waals surface area contributed by atoms with Crippen molar-refractivity contribution in [3.8, 4) is 11.5 Å². The summed E-state index contributed by atoms with van der Waals surface area (Å²) in [4.78, 5) is 16.0. The third-order valence-electron chi connectivity index (χ3n) is 3.47. The maximum atomic E-state index is 13.5. The molecule has 0 bridgehead atoms. The predicted molar refractivity (Wildman–Crippen MR) is 85.6 cm³/mol. The number of hydrogen-bond donors (Lipinski definition) is 2. The molecule has 0 aliphatic rings. The molecular weight excluding hydrogens is 332 g/mol. The lowest BCUT2D eigenvalue weighted by Crippen LogP contribution is -2.29. The predicted octanol–water partition coefficient (Wildman–Crippen LogP) is 3.16. The molecule has 2 heterocycles. The number of amides is 2. The number of hydrogen-bond acceptors (Lipinski definition) is 4. The highest BCUT2D eigenvalue weighted by Crippen LogP contribution is 2.18. The number of halogens is 2. The summed E-state index contributed by atoms with van der Waals surface area (Å²) >= 11 is 0. The molecule has 9 heteroatoms. The van der Waals surface area contributed by atoms with Gasteiger partial charge in [0.2, 0.25) is 11.7 Å². The van der Waals surface area contributed by atoms with E-state index < -0.39 is 23.4 Å². The summed E-state index contributed by atoms with van der Waals surface area (Å²) in [5, 5.41) is 8.37. The Balaban J connectivity index is 1.62. The number of urea groups is 1. The molecule has 0 aliphatic heterocycles. The van der Waals surface area contributed by atoms with Gasteiger partial charge in [0.1, 0.15) is 17.3 Å². The normalized spacial score (nSPS) is 10.7. The largest absolute Gasteiger partial charge is 0.345 e. The van der Waals surface area contributed by atoms with Crippen molar-refractivity contribution >= 4 is 11.7 Å². The third-order valence-corrected chi connectivity index (χ3v) is 3.47. The third kappa shape index (κ3) is 3.65. The van der Waals surface area contributed by atoms with Crippen molar-refractivity contribution in [2.45, 2.75) is 20.0 Å². The van der Waals surface area contributed by atoms with E-state index in [-0.39, 0.29) is 12.4 Å². The van der Waals surface area contributed by atoms with Crippen molar-refractivity contribution in [2.75, 3.05) is 5.32 Å². The van der Waals surface area contributed by atoms with Crippen LogP contribution in [0.5, 0.6) is 0 Å². The summed E-state index contributed by atoms with van der Waals surface area (Å²) in [6.07, 6.45) is 1.89. The maximum Gasteiger partial charge on any atom is 0.319 e. The lowest BCUT2D eigenvalue weighted by atomic mass is 10.3. The maximum absolute atomic E-state index is 13.5. The second kappa shape index (κ2) is 7.12. The second-order valence-corrected chi connectivity index (χ2v) is 5.10. The number of anilines is 1. The molecule has 3 aromatic rings. The fourth-order valence-corrected chi connectivity index (χ4v) is 2.25. The van der Waals surface area contributed by atoms with Crippen LogP contribution in [0.3, 0.4) is 0 Å². The van der Waals surface area contributed by atoms with E-state index in [9.17, 15) is 13.6 Å². The number of carbonyl (C=O) groups excluding carboxylic acids is 1. The van der Waals surface area contributed by atoms with Crippen LogP contribution in [0.1, 0.15) is 12.8 Å². The minimum atomic E-state index is -0.865. The van der Waals surface area contributed by atoms with E-state index in [1.807, 2.05) is 29.8 Å². The zero-order valence-corrected chi connectivity index (χ0v) is 13.3.